The fourth-order valence-corrected chi connectivity index (χ4v) is 1.58. The highest BCUT2D eigenvalue weighted by Crippen LogP contribution is 2.23. The average molecular weight is 305 g/mol. The van der Waals surface area contributed by atoms with Gasteiger partial charge < -0.3 is 4.74 Å². The lowest BCUT2D eigenvalue weighted by atomic mass is 10.0. The Morgan fingerprint density at radius 2 is 1.94 bits per heavy atom. The summed E-state index contributed by atoms with van der Waals surface area (Å²) in [4.78, 5) is 23.4. The van der Waals surface area contributed by atoms with Gasteiger partial charge in [0.2, 0.25) is 0 Å². The van der Waals surface area contributed by atoms with Gasteiger partial charge in [0.05, 0.1) is 6.61 Å². The summed E-state index contributed by atoms with van der Waals surface area (Å²) in [6.07, 6.45) is 4.08. The number of rotatable bonds is 7. The molecular formula is C13H21BrO3. The van der Waals surface area contributed by atoms with E-state index in [1.807, 2.05) is 13.8 Å². The van der Waals surface area contributed by atoms with E-state index in [0.29, 0.717) is 6.42 Å². The predicted molar refractivity (Wildman–Crippen MR) is 72.3 cm³/mol. The Morgan fingerprint density at radius 3 is 2.41 bits per heavy atom. The molecular weight excluding hydrogens is 284 g/mol. The van der Waals surface area contributed by atoms with E-state index >= 15 is 0 Å². The summed E-state index contributed by atoms with van der Waals surface area (Å²) < 4.78 is 3.65. The van der Waals surface area contributed by atoms with Crippen molar-refractivity contribution in [2.45, 2.75) is 51.3 Å². The van der Waals surface area contributed by atoms with Crippen molar-refractivity contribution in [1.29, 1.82) is 0 Å². The van der Waals surface area contributed by atoms with Crippen molar-refractivity contribution in [3.05, 3.63) is 11.6 Å². The maximum atomic E-state index is 11.9. The molecule has 0 aromatic heterocycles. The molecule has 0 rings (SSSR count). The van der Waals surface area contributed by atoms with Crippen molar-refractivity contribution in [3.8, 4) is 0 Å². The zero-order chi connectivity index (χ0) is 13.5. The third-order valence-electron chi connectivity index (χ3n) is 2.34. The number of Topliss-reactive ketones (excluding diaryl/α,β-unsaturated/α-hetero) is 1. The van der Waals surface area contributed by atoms with Crippen LogP contribution in [-0.4, -0.2) is 22.7 Å². The van der Waals surface area contributed by atoms with Crippen molar-refractivity contribution >= 4 is 27.7 Å². The smallest absolute Gasteiger partial charge is 0.330 e. The maximum Gasteiger partial charge on any atom is 0.330 e. The number of esters is 1. The van der Waals surface area contributed by atoms with Crippen LogP contribution in [0.4, 0.5) is 0 Å². The van der Waals surface area contributed by atoms with Gasteiger partial charge in [0.1, 0.15) is 0 Å². The minimum Gasteiger partial charge on any atom is -0.465 e. The van der Waals surface area contributed by atoms with E-state index in [1.165, 1.54) is 5.57 Å². The summed E-state index contributed by atoms with van der Waals surface area (Å²) in [7, 11) is 0. The van der Waals surface area contributed by atoms with Gasteiger partial charge in [0.15, 0.2) is 10.1 Å². The van der Waals surface area contributed by atoms with Crippen molar-refractivity contribution in [3.63, 3.8) is 0 Å². The lowest BCUT2D eigenvalue weighted by molar-refractivity contribution is -0.148. The Morgan fingerprint density at radius 1 is 1.35 bits per heavy atom. The van der Waals surface area contributed by atoms with Crippen LogP contribution in [0.5, 0.6) is 0 Å². The minimum absolute atomic E-state index is 0.127. The number of hydrogen-bond acceptors (Lipinski definition) is 3. The molecule has 0 amide bonds. The molecule has 0 fully saturated rings. The Bertz CT molecular complexity index is 302. The zero-order valence-electron chi connectivity index (χ0n) is 11.0. The van der Waals surface area contributed by atoms with Crippen LogP contribution in [-0.2, 0) is 14.3 Å². The molecule has 0 bridgehead atoms. The molecule has 0 aromatic carbocycles. The van der Waals surface area contributed by atoms with E-state index in [0.717, 1.165) is 12.8 Å². The zero-order valence-corrected chi connectivity index (χ0v) is 12.6. The van der Waals surface area contributed by atoms with E-state index in [-0.39, 0.29) is 12.4 Å². The number of ether oxygens (including phenoxy) is 1. The number of allylic oxidation sites excluding steroid dienone is 2. The molecule has 3 nitrogen and oxygen atoms in total. The van der Waals surface area contributed by atoms with E-state index in [9.17, 15) is 9.59 Å². The molecule has 0 aliphatic heterocycles. The summed E-state index contributed by atoms with van der Waals surface area (Å²) in [6.45, 7) is 7.60. The third kappa shape index (κ3) is 6.01. The second-order valence-electron chi connectivity index (χ2n) is 4.32. The van der Waals surface area contributed by atoms with Crippen molar-refractivity contribution in [2.24, 2.45) is 0 Å². The topological polar surface area (TPSA) is 43.4 Å². The number of halogens is 1. The molecule has 0 saturated carbocycles. The van der Waals surface area contributed by atoms with Gasteiger partial charge >= 0.3 is 5.97 Å². The number of carbonyl (C=O) groups excluding carboxylic acids is 2. The standard InChI is InChI=1S/C13H21BrO3/c1-5-17-12(16)13(4,14)11(15)9-7-6-8-10(2)3/h8H,5-7,9H2,1-4H3. The third-order valence-corrected chi connectivity index (χ3v) is 3.11. The predicted octanol–water partition coefficient (Wildman–Crippen LogP) is 3.41. The summed E-state index contributed by atoms with van der Waals surface area (Å²) in [5.74, 6) is -0.634. The van der Waals surface area contributed by atoms with Gasteiger partial charge in [0.25, 0.3) is 0 Å². The quantitative estimate of drug-likeness (QED) is 0.238. The first-order valence-corrected chi connectivity index (χ1v) is 6.64. The van der Waals surface area contributed by atoms with E-state index in [1.54, 1.807) is 13.8 Å². The van der Waals surface area contributed by atoms with Gasteiger partial charge in [-0.2, -0.15) is 0 Å². The first-order valence-electron chi connectivity index (χ1n) is 5.85. The molecule has 1 atom stereocenters. The second-order valence-corrected chi connectivity index (χ2v) is 5.91. The molecule has 4 heteroatoms. The van der Waals surface area contributed by atoms with Gasteiger partial charge in [0, 0.05) is 6.42 Å². The van der Waals surface area contributed by atoms with Gasteiger partial charge in [-0.3, -0.25) is 9.59 Å². The number of ketones is 1. The van der Waals surface area contributed by atoms with Crippen LogP contribution >= 0.6 is 15.9 Å². The normalized spacial score (nSPS) is 13.7. The van der Waals surface area contributed by atoms with E-state index in [4.69, 9.17) is 4.74 Å². The lowest BCUT2D eigenvalue weighted by Crippen LogP contribution is -2.39. The summed E-state index contributed by atoms with van der Waals surface area (Å²) >= 11 is 3.16. The summed E-state index contributed by atoms with van der Waals surface area (Å²) in [6, 6.07) is 0. The molecule has 0 spiro atoms. The van der Waals surface area contributed by atoms with Crippen molar-refractivity contribution < 1.29 is 14.3 Å². The molecule has 0 aliphatic rings. The molecule has 1 unspecified atom stereocenters. The Hall–Kier alpha value is -0.640. The molecule has 0 heterocycles. The van der Waals surface area contributed by atoms with Gasteiger partial charge in [-0.05, 0) is 40.5 Å². The van der Waals surface area contributed by atoms with Crippen LogP contribution in [0.1, 0.15) is 47.0 Å². The van der Waals surface area contributed by atoms with E-state index in [2.05, 4.69) is 22.0 Å². The van der Waals surface area contributed by atoms with Crippen LogP contribution < -0.4 is 0 Å². The Labute approximate surface area is 112 Å². The summed E-state index contributed by atoms with van der Waals surface area (Å²) in [5.41, 5.74) is 1.24. The fraction of sp³-hybridized carbons (Fsp3) is 0.692. The minimum atomic E-state index is -1.20. The number of alkyl halides is 1. The number of unbranched alkanes of at least 4 members (excludes halogenated alkanes) is 1. The van der Waals surface area contributed by atoms with Gasteiger partial charge in [-0.25, -0.2) is 0 Å². The first kappa shape index (κ1) is 16.4. The highest BCUT2D eigenvalue weighted by Gasteiger charge is 2.38. The van der Waals surface area contributed by atoms with Crippen LogP contribution in [0.15, 0.2) is 11.6 Å². The molecule has 0 N–H and O–H groups in total. The fourth-order valence-electron chi connectivity index (χ4n) is 1.27. The van der Waals surface area contributed by atoms with Crippen LogP contribution in [0.2, 0.25) is 0 Å². The first-order chi connectivity index (χ1) is 7.82. The summed E-state index contributed by atoms with van der Waals surface area (Å²) in [5, 5.41) is 0. The number of hydrogen-bond donors (Lipinski definition) is 0. The van der Waals surface area contributed by atoms with Crippen LogP contribution in [0.25, 0.3) is 0 Å². The Balaban J connectivity index is 4.21. The SMILES string of the molecule is CCOC(=O)C(C)(Br)C(=O)CCCC=C(C)C. The molecule has 0 saturated heterocycles. The maximum absolute atomic E-state index is 11.9. The Kier molecular flexibility index (Phi) is 7.35. The van der Waals surface area contributed by atoms with Gasteiger partial charge in [-0.15, -0.1) is 0 Å². The molecule has 0 radical (unpaired) electrons. The molecule has 17 heavy (non-hydrogen) atoms. The highest BCUT2D eigenvalue weighted by atomic mass is 79.9. The lowest BCUT2D eigenvalue weighted by Gasteiger charge is -2.18. The van der Waals surface area contributed by atoms with Crippen molar-refractivity contribution in [1.82, 2.24) is 0 Å². The monoisotopic (exact) mass is 304 g/mol. The van der Waals surface area contributed by atoms with Gasteiger partial charge in [-0.1, -0.05) is 27.6 Å². The van der Waals surface area contributed by atoms with Crippen molar-refractivity contribution in [2.75, 3.05) is 6.61 Å². The van der Waals surface area contributed by atoms with Crippen LogP contribution in [0, 0.1) is 0 Å². The van der Waals surface area contributed by atoms with Crippen LogP contribution in [0.3, 0.4) is 0 Å². The van der Waals surface area contributed by atoms with E-state index < -0.39 is 10.3 Å². The highest BCUT2D eigenvalue weighted by molar-refractivity contribution is 9.10. The number of carbonyl (C=O) groups is 2. The molecule has 0 aliphatic carbocycles. The molecule has 0 aromatic rings. The second kappa shape index (κ2) is 7.64. The average Bonchev–Trinajstić information content (AvgIpc) is 2.23. The largest absolute Gasteiger partial charge is 0.465 e. The molecule has 98 valence electrons.